The van der Waals surface area contributed by atoms with Crippen LogP contribution in [0.4, 0.5) is 18.9 Å². The van der Waals surface area contributed by atoms with Crippen LogP contribution < -0.4 is 11.1 Å². The molecule has 0 unspecified atom stereocenters. The lowest BCUT2D eigenvalue weighted by atomic mass is 9.84. The molecule has 0 fully saturated rings. The predicted molar refractivity (Wildman–Crippen MR) is 88.2 cm³/mol. The summed E-state index contributed by atoms with van der Waals surface area (Å²) in [6.45, 7) is 6.46. The third kappa shape index (κ3) is 3.96. The van der Waals surface area contributed by atoms with Crippen LogP contribution in [-0.2, 0) is 5.41 Å². The number of fused-ring (bicyclic) bond motifs is 1. The van der Waals surface area contributed by atoms with E-state index in [1.165, 1.54) is 0 Å². The summed E-state index contributed by atoms with van der Waals surface area (Å²) < 4.78 is 37.5. The summed E-state index contributed by atoms with van der Waals surface area (Å²) in [6, 6.07) is 4.80. The Morgan fingerprint density at radius 3 is 2.33 bits per heavy atom. The molecule has 0 bridgehead atoms. The van der Waals surface area contributed by atoms with Crippen molar-refractivity contribution in [1.82, 2.24) is 4.98 Å². The maximum Gasteiger partial charge on any atom is 0.405 e. The van der Waals surface area contributed by atoms with E-state index < -0.39 is 18.6 Å². The van der Waals surface area contributed by atoms with Crippen molar-refractivity contribution >= 4 is 22.5 Å². The topological polar surface area (TPSA) is 68.0 Å². The molecular formula is C17H20F3N3O. The minimum absolute atomic E-state index is 0.140. The number of aryl methyl sites for hydroxylation is 1. The SMILES string of the molecule is Cc1cc(C(N)=O)nc2c(C(C)(C)C)cc(NCC(F)(F)F)cc12. The summed E-state index contributed by atoms with van der Waals surface area (Å²) in [5, 5.41) is 3.10. The number of hydrogen-bond acceptors (Lipinski definition) is 3. The van der Waals surface area contributed by atoms with Crippen LogP contribution in [0.25, 0.3) is 10.9 Å². The predicted octanol–water partition coefficient (Wildman–Crippen LogP) is 3.91. The van der Waals surface area contributed by atoms with Gasteiger partial charge in [-0.1, -0.05) is 20.8 Å². The van der Waals surface area contributed by atoms with E-state index in [4.69, 9.17) is 5.73 Å². The number of nitrogens with one attached hydrogen (secondary N) is 1. The highest BCUT2D eigenvalue weighted by molar-refractivity contribution is 5.96. The minimum atomic E-state index is -4.31. The normalized spacial score (nSPS) is 12.5. The number of carbonyl (C=O) groups is 1. The second-order valence-electron chi connectivity index (χ2n) is 6.83. The van der Waals surface area contributed by atoms with Crippen LogP contribution >= 0.6 is 0 Å². The van der Waals surface area contributed by atoms with Crippen LogP contribution in [0.1, 0.15) is 42.4 Å². The Balaban J connectivity index is 2.68. The van der Waals surface area contributed by atoms with Gasteiger partial charge < -0.3 is 11.1 Å². The maximum atomic E-state index is 12.5. The third-order valence-electron chi connectivity index (χ3n) is 3.67. The molecule has 0 saturated carbocycles. The van der Waals surface area contributed by atoms with Crippen LogP contribution in [0.3, 0.4) is 0 Å². The quantitative estimate of drug-likeness (QED) is 0.891. The molecule has 1 aromatic carbocycles. The molecule has 0 radical (unpaired) electrons. The van der Waals surface area contributed by atoms with Crippen molar-refractivity contribution in [2.45, 2.75) is 39.3 Å². The summed E-state index contributed by atoms with van der Waals surface area (Å²) in [6.07, 6.45) is -4.31. The van der Waals surface area contributed by atoms with E-state index in [9.17, 15) is 18.0 Å². The van der Waals surface area contributed by atoms with Gasteiger partial charge in [-0.25, -0.2) is 4.98 Å². The second-order valence-corrected chi connectivity index (χ2v) is 6.83. The van der Waals surface area contributed by atoms with Crippen LogP contribution in [0.15, 0.2) is 18.2 Å². The van der Waals surface area contributed by atoms with Gasteiger partial charge in [-0.05, 0) is 41.7 Å². The Labute approximate surface area is 138 Å². The Bertz CT molecular complexity index is 792. The van der Waals surface area contributed by atoms with Crippen LogP contribution in [-0.4, -0.2) is 23.6 Å². The Morgan fingerprint density at radius 1 is 1.21 bits per heavy atom. The Morgan fingerprint density at radius 2 is 1.83 bits per heavy atom. The highest BCUT2D eigenvalue weighted by Crippen LogP contribution is 2.34. The highest BCUT2D eigenvalue weighted by Gasteiger charge is 2.27. The first-order valence-corrected chi connectivity index (χ1v) is 7.45. The number of pyridine rings is 1. The molecule has 3 N–H and O–H groups in total. The molecule has 0 spiro atoms. The number of halogens is 3. The smallest absolute Gasteiger partial charge is 0.376 e. The van der Waals surface area contributed by atoms with Crippen molar-refractivity contribution in [3.63, 3.8) is 0 Å². The molecule has 2 rings (SSSR count). The van der Waals surface area contributed by atoms with Gasteiger partial charge in [0.05, 0.1) is 5.52 Å². The Hall–Kier alpha value is -2.31. The molecule has 24 heavy (non-hydrogen) atoms. The zero-order valence-corrected chi connectivity index (χ0v) is 14.0. The van der Waals surface area contributed by atoms with Crippen molar-refractivity contribution in [3.05, 3.63) is 35.0 Å². The molecule has 0 atom stereocenters. The number of carbonyl (C=O) groups excluding carboxylic acids is 1. The lowest BCUT2D eigenvalue weighted by Crippen LogP contribution is -2.22. The summed E-state index contributed by atoms with van der Waals surface area (Å²) in [5.74, 6) is -0.640. The van der Waals surface area contributed by atoms with Crippen molar-refractivity contribution in [2.75, 3.05) is 11.9 Å². The molecule has 0 aliphatic carbocycles. The number of hydrogen-bond donors (Lipinski definition) is 2. The average Bonchev–Trinajstić information content (AvgIpc) is 2.42. The van der Waals surface area contributed by atoms with Gasteiger partial charge >= 0.3 is 6.18 Å². The number of benzene rings is 1. The first-order valence-electron chi connectivity index (χ1n) is 7.45. The number of amides is 1. The second kappa shape index (κ2) is 5.96. The number of rotatable bonds is 3. The zero-order chi connectivity index (χ0) is 18.3. The molecule has 0 saturated heterocycles. The molecule has 2 aromatic rings. The molecule has 130 valence electrons. The number of aromatic nitrogens is 1. The first-order chi connectivity index (χ1) is 10.9. The van der Waals surface area contributed by atoms with Gasteiger partial charge in [0.1, 0.15) is 12.2 Å². The largest absolute Gasteiger partial charge is 0.405 e. The Kier molecular flexibility index (Phi) is 4.48. The fraction of sp³-hybridized carbons (Fsp3) is 0.412. The standard InChI is InChI=1S/C17H20F3N3O/c1-9-5-13(15(21)24)23-14-11(9)6-10(22-8-17(18,19)20)7-12(14)16(2,3)4/h5-7,22H,8H2,1-4H3,(H2,21,24). The first kappa shape index (κ1) is 18.0. The molecule has 4 nitrogen and oxygen atoms in total. The zero-order valence-electron chi connectivity index (χ0n) is 14.0. The van der Waals surface area contributed by atoms with Crippen LogP contribution in [0.5, 0.6) is 0 Å². The van der Waals surface area contributed by atoms with E-state index >= 15 is 0 Å². The van der Waals surface area contributed by atoms with Gasteiger partial charge in [0.2, 0.25) is 0 Å². The number of alkyl halides is 3. The van der Waals surface area contributed by atoms with Gasteiger partial charge in [-0.3, -0.25) is 4.79 Å². The van der Waals surface area contributed by atoms with E-state index in [2.05, 4.69) is 10.3 Å². The van der Waals surface area contributed by atoms with Crippen LogP contribution in [0, 0.1) is 6.92 Å². The lowest BCUT2D eigenvalue weighted by molar-refractivity contribution is -0.115. The fourth-order valence-electron chi connectivity index (χ4n) is 2.49. The fourth-order valence-corrected chi connectivity index (χ4v) is 2.49. The summed E-state index contributed by atoms with van der Waals surface area (Å²) in [5.41, 5.74) is 7.51. The summed E-state index contributed by atoms with van der Waals surface area (Å²) in [4.78, 5) is 15.8. The van der Waals surface area contributed by atoms with E-state index in [1.807, 2.05) is 20.8 Å². The molecule has 1 amide bonds. The van der Waals surface area contributed by atoms with Gasteiger partial charge in [0, 0.05) is 11.1 Å². The third-order valence-corrected chi connectivity index (χ3v) is 3.67. The number of nitrogens with two attached hydrogens (primary N) is 1. The van der Waals surface area contributed by atoms with Crippen molar-refractivity contribution in [3.8, 4) is 0 Å². The molecule has 0 aliphatic heterocycles. The number of anilines is 1. The van der Waals surface area contributed by atoms with E-state index in [0.717, 1.165) is 11.1 Å². The van der Waals surface area contributed by atoms with E-state index in [-0.39, 0.29) is 11.1 Å². The number of primary amides is 1. The van der Waals surface area contributed by atoms with Crippen molar-refractivity contribution in [2.24, 2.45) is 5.73 Å². The molecule has 7 heteroatoms. The van der Waals surface area contributed by atoms with Crippen molar-refractivity contribution in [1.29, 1.82) is 0 Å². The lowest BCUT2D eigenvalue weighted by Gasteiger charge is -2.23. The van der Waals surface area contributed by atoms with Gasteiger partial charge in [-0.2, -0.15) is 13.2 Å². The molecule has 1 aromatic heterocycles. The average molecular weight is 339 g/mol. The summed E-state index contributed by atoms with van der Waals surface area (Å²) >= 11 is 0. The van der Waals surface area contributed by atoms with E-state index in [1.54, 1.807) is 25.1 Å². The molecular weight excluding hydrogens is 319 g/mol. The summed E-state index contributed by atoms with van der Waals surface area (Å²) in [7, 11) is 0. The van der Waals surface area contributed by atoms with Crippen LogP contribution in [0.2, 0.25) is 0 Å². The van der Waals surface area contributed by atoms with Gasteiger partial charge in [0.25, 0.3) is 5.91 Å². The number of nitrogens with zero attached hydrogens (tertiary/aromatic N) is 1. The maximum absolute atomic E-state index is 12.5. The van der Waals surface area contributed by atoms with E-state index in [0.29, 0.717) is 16.6 Å². The monoisotopic (exact) mass is 339 g/mol. The molecule has 0 aliphatic rings. The molecule has 1 heterocycles. The highest BCUT2D eigenvalue weighted by atomic mass is 19.4. The minimum Gasteiger partial charge on any atom is -0.376 e. The van der Waals surface area contributed by atoms with Gasteiger partial charge in [-0.15, -0.1) is 0 Å². The van der Waals surface area contributed by atoms with Crippen molar-refractivity contribution < 1.29 is 18.0 Å². The van der Waals surface area contributed by atoms with Gasteiger partial charge in [0.15, 0.2) is 0 Å².